The van der Waals surface area contributed by atoms with E-state index in [1.165, 1.54) is 6.92 Å². The summed E-state index contributed by atoms with van der Waals surface area (Å²) in [7, 11) is 0. The average molecular weight is 417 g/mol. The minimum Gasteiger partial charge on any atom is -0.481 e. The van der Waals surface area contributed by atoms with E-state index in [0.29, 0.717) is 13.0 Å². The first kappa shape index (κ1) is 25.6. The highest BCUT2D eigenvalue weighted by atomic mass is 16.4. The lowest BCUT2D eigenvalue weighted by Crippen LogP contribution is -2.52. The topological polar surface area (TPSA) is 252 Å². The molecule has 14 nitrogen and oxygen atoms in total. The molecule has 0 radical (unpaired) electrons. The van der Waals surface area contributed by atoms with Gasteiger partial charge in [-0.15, -0.1) is 0 Å². The van der Waals surface area contributed by atoms with E-state index < -0.39 is 60.8 Å². The van der Waals surface area contributed by atoms with E-state index in [0.717, 1.165) is 0 Å². The summed E-state index contributed by atoms with van der Waals surface area (Å²) in [6.45, 7) is 1.06. The van der Waals surface area contributed by atoms with Crippen LogP contribution >= 0.6 is 0 Å². The monoisotopic (exact) mass is 417 g/mol. The van der Waals surface area contributed by atoms with Crippen molar-refractivity contribution in [3.05, 3.63) is 0 Å². The molecule has 3 amide bonds. The zero-order chi connectivity index (χ0) is 22.6. The van der Waals surface area contributed by atoms with Crippen LogP contribution in [0.3, 0.4) is 0 Å². The van der Waals surface area contributed by atoms with Gasteiger partial charge in [0.25, 0.3) is 0 Å². The van der Waals surface area contributed by atoms with Crippen LogP contribution in [0.5, 0.6) is 0 Å². The number of carboxylic acids is 2. The van der Waals surface area contributed by atoms with Gasteiger partial charge >= 0.3 is 11.9 Å². The molecule has 11 N–H and O–H groups in total. The third-order valence-electron chi connectivity index (χ3n) is 3.49. The van der Waals surface area contributed by atoms with Crippen LogP contribution in [0.15, 0.2) is 4.99 Å². The Labute approximate surface area is 166 Å². The highest BCUT2D eigenvalue weighted by Gasteiger charge is 2.24. The number of carbonyl (C=O) groups is 5. The van der Waals surface area contributed by atoms with E-state index >= 15 is 0 Å². The second-order valence-corrected chi connectivity index (χ2v) is 6.06. The molecule has 0 spiro atoms. The van der Waals surface area contributed by atoms with E-state index in [1.807, 2.05) is 5.32 Å². The summed E-state index contributed by atoms with van der Waals surface area (Å²) in [5.74, 6) is -5.22. The number of hydrogen-bond acceptors (Lipinski definition) is 7. The molecule has 0 aliphatic rings. The van der Waals surface area contributed by atoms with Gasteiger partial charge in [0.1, 0.15) is 12.1 Å². The molecule has 0 aromatic carbocycles. The Hall–Kier alpha value is -3.42. The maximum atomic E-state index is 11.9. The molecular weight excluding hydrogens is 390 g/mol. The number of hydrogen-bond donors (Lipinski definition) is 8. The second kappa shape index (κ2) is 12.9. The summed E-state index contributed by atoms with van der Waals surface area (Å²) in [4.78, 5) is 60.8. The summed E-state index contributed by atoms with van der Waals surface area (Å²) < 4.78 is 0. The summed E-state index contributed by atoms with van der Waals surface area (Å²) >= 11 is 0. The average Bonchev–Trinajstić information content (AvgIpc) is 2.61. The van der Waals surface area contributed by atoms with E-state index in [1.54, 1.807) is 0 Å². The van der Waals surface area contributed by atoms with Gasteiger partial charge in [-0.2, -0.15) is 0 Å². The van der Waals surface area contributed by atoms with E-state index in [-0.39, 0.29) is 12.4 Å². The number of nitrogens with zero attached hydrogens (tertiary/aromatic N) is 1. The molecule has 29 heavy (non-hydrogen) atoms. The zero-order valence-electron chi connectivity index (χ0n) is 15.9. The minimum absolute atomic E-state index is 0.0741. The number of guanidine groups is 1. The number of nitrogens with two attached hydrogens (primary N) is 3. The van der Waals surface area contributed by atoms with Gasteiger partial charge in [0.15, 0.2) is 5.96 Å². The van der Waals surface area contributed by atoms with Crippen molar-refractivity contribution in [3.8, 4) is 0 Å². The summed E-state index contributed by atoms with van der Waals surface area (Å²) in [5.41, 5.74) is 16.0. The van der Waals surface area contributed by atoms with Gasteiger partial charge in [-0.05, 0) is 19.8 Å². The van der Waals surface area contributed by atoms with Gasteiger partial charge in [0.2, 0.25) is 17.7 Å². The van der Waals surface area contributed by atoms with Crippen molar-refractivity contribution in [2.24, 2.45) is 22.2 Å². The van der Waals surface area contributed by atoms with Gasteiger partial charge in [-0.3, -0.25) is 24.2 Å². The maximum Gasteiger partial charge on any atom is 0.326 e. The molecule has 0 rings (SSSR count). The van der Waals surface area contributed by atoms with Crippen molar-refractivity contribution in [1.29, 1.82) is 0 Å². The second-order valence-electron chi connectivity index (χ2n) is 6.06. The molecule has 0 heterocycles. The Morgan fingerprint density at radius 1 is 1.03 bits per heavy atom. The molecule has 0 aliphatic carbocycles. The van der Waals surface area contributed by atoms with Crippen LogP contribution in [0.2, 0.25) is 0 Å². The van der Waals surface area contributed by atoms with Crippen molar-refractivity contribution < 1.29 is 34.2 Å². The number of aliphatic carboxylic acids is 2. The van der Waals surface area contributed by atoms with Crippen molar-refractivity contribution in [2.75, 3.05) is 13.1 Å². The van der Waals surface area contributed by atoms with Crippen LogP contribution in [-0.4, -0.2) is 77.0 Å². The summed E-state index contributed by atoms with van der Waals surface area (Å²) in [6.07, 6.45) is -0.0869. The van der Waals surface area contributed by atoms with Crippen LogP contribution in [0.1, 0.15) is 26.2 Å². The van der Waals surface area contributed by atoms with Gasteiger partial charge in [0.05, 0.1) is 19.0 Å². The molecule has 0 bridgehead atoms. The number of nitrogens with one attached hydrogen (secondary N) is 3. The third kappa shape index (κ3) is 11.8. The lowest BCUT2D eigenvalue weighted by Gasteiger charge is -2.17. The predicted molar refractivity (Wildman–Crippen MR) is 100 cm³/mol. The van der Waals surface area contributed by atoms with Crippen LogP contribution in [0.4, 0.5) is 0 Å². The standard InChI is InChI=1S/C15H27N7O7/c1-7(21-13(27)8(16)3-2-4-19-15(17)18)12(26)20-6-10(23)22-9(14(28)29)5-11(24)25/h7-9H,2-6,16H2,1H3,(H,20,26)(H,21,27)(H,22,23)(H,24,25)(H,28,29)(H4,17,18,19). The Morgan fingerprint density at radius 3 is 2.17 bits per heavy atom. The lowest BCUT2D eigenvalue weighted by atomic mass is 10.1. The Bertz CT molecular complexity index is 649. The Balaban J connectivity index is 4.36. The molecule has 0 fully saturated rings. The molecular formula is C15H27N7O7. The van der Waals surface area contributed by atoms with Gasteiger partial charge in [0, 0.05) is 6.54 Å². The third-order valence-corrected chi connectivity index (χ3v) is 3.49. The van der Waals surface area contributed by atoms with Gasteiger partial charge in [-0.1, -0.05) is 0 Å². The summed E-state index contributed by atoms with van der Waals surface area (Å²) in [6, 6.07) is -3.55. The van der Waals surface area contributed by atoms with Crippen molar-refractivity contribution in [2.45, 2.75) is 44.3 Å². The van der Waals surface area contributed by atoms with Crippen LogP contribution in [-0.2, 0) is 24.0 Å². The largest absolute Gasteiger partial charge is 0.481 e. The van der Waals surface area contributed by atoms with E-state index in [9.17, 15) is 24.0 Å². The van der Waals surface area contributed by atoms with Crippen molar-refractivity contribution in [3.63, 3.8) is 0 Å². The molecule has 0 saturated carbocycles. The zero-order valence-corrected chi connectivity index (χ0v) is 15.9. The van der Waals surface area contributed by atoms with E-state index in [4.69, 9.17) is 27.4 Å². The van der Waals surface area contributed by atoms with Crippen molar-refractivity contribution >= 4 is 35.6 Å². The fourth-order valence-corrected chi connectivity index (χ4v) is 1.98. The molecule has 3 unspecified atom stereocenters. The fourth-order valence-electron chi connectivity index (χ4n) is 1.98. The van der Waals surface area contributed by atoms with E-state index in [2.05, 4.69) is 15.6 Å². The first-order valence-corrected chi connectivity index (χ1v) is 8.57. The normalized spacial score (nSPS) is 13.3. The molecule has 0 aromatic rings. The molecule has 164 valence electrons. The molecule has 3 atom stereocenters. The number of rotatable bonds is 13. The number of aliphatic imine (C=N–C) groups is 1. The maximum absolute atomic E-state index is 11.9. The lowest BCUT2D eigenvalue weighted by molar-refractivity contribution is -0.147. The molecule has 0 aliphatic heterocycles. The quantitative estimate of drug-likeness (QED) is 0.0819. The Morgan fingerprint density at radius 2 is 1.66 bits per heavy atom. The number of carboxylic acid groups (broad SMARTS) is 2. The first-order valence-electron chi connectivity index (χ1n) is 8.57. The molecule has 0 saturated heterocycles. The SMILES string of the molecule is CC(NC(=O)C(N)CCCN=C(N)N)C(=O)NCC(=O)NC(CC(=O)O)C(=O)O. The number of carbonyl (C=O) groups excluding carboxylic acids is 3. The smallest absolute Gasteiger partial charge is 0.326 e. The van der Waals surface area contributed by atoms with Gasteiger partial charge < -0.3 is 43.4 Å². The van der Waals surface area contributed by atoms with Crippen LogP contribution < -0.4 is 33.2 Å². The minimum atomic E-state index is -1.63. The van der Waals surface area contributed by atoms with Crippen LogP contribution in [0.25, 0.3) is 0 Å². The number of amides is 3. The summed E-state index contributed by atoms with van der Waals surface area (Å²) in [5, 5.41) is 24.0. The Kier molecular flexibility index (Phi) is 11.4. The molecule has 0 aromatic heterocycles. The first-order chi connectivity index (χ1) is 13.4. The fraction of sp³-hybridized carbons (Fsp3) is 0.600. The van der Waals surface area contributed by atoms with Gasteiger partial charge in [-0.25, -0.2) is 4.79 Å². The predicted octanol–water partition coefficient (Wildman–Crippen LogP) is -3.97. The highest BCUT2D eigenvalue weighted by Crippen LogP contribution is 1.97. The molecule has 14 heteroatoms. The van der Waals surface area contributed by atoms with Crippen molar-refractivity contribution in [1.82, 2.24) is 16.0 Å². The van der Waals surface area contributed by atoms with Crippen LogP contribution in [0, 0.1) is 0 Å². The highest BCUT2D eigenvalue weighted by molar-refractivity contribution is 5.92.